The zero-order valence-electron chi connectivity index (χ0n) is 16.2. The summed E-state index contributed by atoms with van der Waals surface area (Å²) >= 11 is 3.44. The van der Waals surface area contributed by atoms with Gasteiger partial charge in [0.15, 0.2) is 6.61 Å². The van der Waals surface area contributed by atoms with E-state index in [9.17, 15) is 13.2 Å². The third-order valence-corrected chi connectivity index (χ3v) is 5.91. The minimum Gasteiger partial charge on any atom is -0.483 e. The number of rotatable bonds is 9. The van der Waals surface area contributed by atoms with Crippen LogP contribution in [-0.2, 0) is 14.8 Å². The van der Waals surface area contributed by atoms with Gasteiger partial charge in [0, 0.05) is 16.7 Å². The van der Waals surface area contributed by atoms with E-state index in [1.54, 1.807) is 12.1 Å². The van der Waals surface area contributed by atoms with Crippen molar-refractivity contribution in [3.63, 3.8) is 0 Å². The van der Waals surface area contributed by atoms with Crippen LogP contribution in [0.5, 0.6) is 5.75 Å². The quantitative estimate of drug-likeness (QED) is 0.574. The van der Waals surface area contributed by atoms with Crippen molar-refractivity contribution in [1.29, 1.82) is 0 Å². The Kier molecular flexibility index (Phi) is 8.03. The van der Waals surface area contributed by atoms with Crippen LogP contribution in [-0.4, -0.2) is 27.5 Å². The number of benzene rings is 2. The first-order valence-corrected chi connectivity index (χ1v) is 11.3. The van der Waals surface area contributed by atoms with Crippen molar-refractivity contribution >= 4 is 37.5 Å². The fourth-order valence-corrected chi connectivity index (χ4v) is 3.99. The molecule has 0 spiro atoms. The van der Waals surface area contributed by atoms with Gasteiger partial charge >= 0.3 is 0 Å². The molecule has 0 aliphatic carbocycles. The predicted molar refractivity (Wildman–Crippen MR) is 114 cm³/mol. The van der Waals surface area contributed by atoms with Gasteiger partial charge in [-0.15, -0.1) is 0 Å². The molecule has 1 amide bonds. The topological polar surface area (TPSA) is 84.5 Å². The molecule has 0 unspecified atom stereocenters. The Morgan fingerprint density at radius 3 is 2.43 bits per heavy atom. The van der Waals surface area contributed by atoms with Crippen LogP contribution in [0.3, 0.4) is 0 Å². The standard InChI is InChI=1S/C20H25BrN2O4S/c1-4-11-22-28(25,26)17-8-6-16(7-9-17)23-20(24)13-27-19-10-5-15(21)12-18(19)14(2)3/h5-10,12,14,22H,4,11,13H2,1-3H3,(H,23,24). The maximum absolute atomic E-state index is 12.2. The molecule has 8 heteroatoms. The first-order valence-electron chi connectivity index (χ1n) is 9.04. The van der Waals surface area contributed by atoms with Gasteiger partial charge in [0.05, 0.1) is 4.90 Å². The van der Waals surface area contributed by atoms with Gasteiger partial charge in [-0.05, 0) is 60.4 Å². The molecule has 2 N–H and O–H groups in total. The summed E-state index contributed by atoms with van der Waals surface area (Å²) in [4.78, 5) is 12.3. The van der Waals surface area contributed by atoms with Gasteiger partial charge < -0.3 is 10.1 Å². The number of carbonyl (C=O) groups excluding carboxylic acids is 1. The van der Waals surface area contributed by atoms with Crippen LogP contribution in [0.25, 0.3) is 0 Å². The zero-order valence-corrected chi connectivity index (χ0v) is 18.6. The summed E-state index contributed by atoms with van der Waals surface area (Å²) in [5, 5.41) is 2.71. The summed E-state index contributed by atoms with van der Waals surface area (Å²) in [6.45, 7) is 6.24. The molecule has 0 fully saturated rings. The van der Waals surface area contributed by atoms with Crippen molar-refractivity contribution in [1.82, 2.24) is 4.72 Å². The molecule has 0 atom stereocenters. The van der Waals surface area contributed by atoms with Crippen LogP contribution < -0.4 is 14.8 Å². The van der Waals surface area contributed by atoms with Crippen LogP contribution in [0.4, 0.5) is 5.69 Å². The Hall–Kier alpha value is -1.90. The Labute approximate surface area is 174 Å². The molecule has 0 aromatic heterocycles. The van der Waals surface area contributed by atoms with Crippen LogP contribution >= 0.6 is 15.9 Å². The van der Waals surface area contributed by atoms with Gasteiger partial charge in [0.25, 0.3) is 5.91 Å². The monoisotopic (exact) mass is 468 g/mol. The van der Waals surface area contributed by atoms with E-state index in [1.807, 2.05) is 25.1 Å². The Balaban J connectivity index is 1.97. The highest BCUT2D eigenvalue weighted by molar-refractivity contribution is 9.10. The minimum absolute atomic E-state index is 0.139. The van der Waals surface area contributed by atoms with Crippen molar-refractivity contribution in [2.75, 3.05) is 18.5 Å². The third kappa shape index (κ3) is 6.32. The molecule has 2 aromatic rings. The van der Waals surface area contributed by atoms with E-state index in [0.29, 0.717) is 24.4 Å². The number of amides is 1. The smallest absolute Gasteiger partial charge is 0.262 e. The number of hydrogen-bond donors (Lipinski definition) is 2. The summed E-state index contributed by atoms with van der Waals surface area (Å²) in [7, 11) is -3.52. The first-order chi connectivity index (χ1) is 13.2. The summed E-state index contributed by atoms with van der Waals surface area (Å²) in [5.74, 6) is 0.598. The van der Waals surface area contributed by atoms with E-state index >= 15 is 0 Å². The van der Waals surface area contributed by atoms with E-state index in [1.165, 1.54) is 12.1 Å². The highest BCUT2D eigenvalue weighted by atomic mass is 79.9. The molecule has 0 bridgehead atoms. The van der Waals surface area contributed by atoms with E-state index < -0.39 is 10.0 Å². The molecule has 0 aliphatic heterocycles. The predicted octanol–water partition coefficient (Wildman–Crippen LogP) is 4.28. The molecule has 0 radical (unpaired) electrons. The first kappa shape index (κ1) is 22.4. The van der Waals surface area contributed by atoms with Crippen molar-refractivity contribution in [3.8, 4) is 5.75 Å². The maximum Gasteiger partial charge on any atom is 0.262 e. The Morgan fingerprint density at radius 2 is 1.82 bits per heavy atom. The van der Waals surface area contributed by atoms with Gasteiger partial charge in [-0.1, -0.05) is 36.7 Å². The number of ether oxygens (including phenoxy) is 1. The summed E-state index contributed by atoms with van der Waals surface area (Å²) < 4.78 is 33.3. The fourth-order valence-electron chi connectivity index (χ4n) is 2.48. The van der Waals surface area contributed by atoms with E-state index in [2.05, 4.69) is 39.8 Å². The molecule has 28 heavy (non-hydrogen) atoms. The van der Waals surface area contributed by atoms with Crippen molar-refractivity contribution in [2.45, 2.75) is 38.0 Å². The van der Waals surface area contributed by atoms with Crippen molar-refractivity contribution < 1.29 is 17.9 Å². The summed E-state index contributed by atoms with van der Waals surface area (Å²) in [6, 6.07) is 11.7. The largest absolute Gasteiger partial charge is 0.483 e. The van der Waals surface area contributed by atoms with Crippen LogP contribution in [0.1, 0.15) is 38.7 Å². The second-order valence-corrected chi connectivity index (χ2v) is 9.28. The highest BCUT2D eigenvalue weighted by Gasteiger charge is 2.14. The third-order valence-electron chi connectivity index (χ3n) is 3.94. The molecule has 152 valence electrons. The molecule has 6 nitrogen and oxygen atoms in total. The van der Waals surface area contributed by atoms with Crippen molar-refractivity contribution in [3.05, 3.63) is 52.5 Å². The fraction of sp³-hybridized carbons (Fsp3) is 0.350. The van der Waals surface area contributed by atoms with Crippen LogP contribution in [0.2, 0.25) is 0 Å². The molecule has 0 saturated heterocycles. The van der Waals surface area contributed by atoms with Gasteiger partial charge in [-0.2, -0.15) is 0 Å². The second-order valence-electron chi connectivity index (χ2n) is 6.60. The molecule has 2 aromatic carbocycles. The number of carbonyl (C=O) groups is 1. The van der Waals surface area contributed by atoms with Gasteiger partial charge in [-0.3, -0.25) is 4.79 Å². The lowest BCUT2D eigenvalue weighted by Gasteiger charge is -2.14. The summed E-state index contributed by atoms with van der Waals surface area (Å²) in [6.07, 6.45) is 0.713. The molecular formula is C20H25BrN2O4S. The maximum atomic E-state index is 12.2. The number of hydrogen-bond acceptors (Lipinski definition) is 4. The average molecular weight is 469 g/mol. The zero-order chi connectivity index (χ0) is 20.7. The molecule has 0 saturated carbocycles. The Morgan fingerprint density at radius 1 is 1.14 bits per heavy atom. The minimum atomic E-state index is -3.52. The van der Waals surface area contributed by atoms with E-state index in [-0.39, 0.29) is 23.3 Å². The van der Waals surface area contributed by atoms with Crippen molar-refractivity contribution in [2.24, 2.45) is 0 Å². The second kappa shape index (κ2) is 10.0. The lowest BCUT2D eigenvalue weighted by molar-refractivity contribution is -0.118. The van der Waals surface area contributed by atoms with Gasteiger partial charge in [0.2, 0.25) is 10.0 Å². The summed E-state index contributed by atoms with van der Waals surface area (Å²) in [5.41, 5.74) is 1.51. The van der Waals surface area contributed by atoms with E-state index in [4.69, 9.17) is 4.74 Å². The number of sulfonamides is 1. The normalized spacial score (nSPS) is 11.5. The van der Waals surface area contributed by atoms with Crippen LogP contribution in [0, 0.1) is 0 Å². The van der Waals surface area contributed by atoms with Gasteiger partial charge in [0.1, 0.15) is 5.75 Å². The Bertz CT molecular complexity index is 912. The molecular weight excluding hydrogens is 444 g/mol. The average Bonchev–Trinajstić information content (AvgIpc) is 2.65. The number of nitrogens with one attached hydrogen (secondary N) is 2. The lowest BCUT2D eigenvalue weighted by atomic mass is 10.0. The van der Waals surface area contributed by atoms with Crippen LogP contribution in [0.15, 0.2) is 51.8 Å². The number of anilines is 1. The van der Waals surface area contributed by atoms with E-state index in [0.717, 1.165) is 10.0 Å². The highest BCUT2D eigenvalue weighted by Crippen LogP contribution is 2.29. The molecule has 0 heterocycles. The molecule has 2 rings (SSSR count). The lowest BCUT2D eigenvalue weighted by Crippen LogP contribution is -2.24. The van der Waals surface area contributed by atoms with Gasteiger partial charge in [-0.25, -0.2) is 13.1 Å². The number of halogens is 1. The SMILES string of the molecule is CCCNS(=O)(=O)c1ccc(NC(=O)COc2ccc(Br)cc2C(C)C)cc1. The molecule has 0 aliphatic rings.